The van der Waals surface area contributed by atoms with Crippen molar-refractivity contribution in [2.24, 2.45) is 0 Å². The zero-order valence-electron chi connectivity index (χ0n) is 11.6. The predicted molar refractivity (Wildman–Crippen MR) is 80.2 cm³/mol. The number of rotatable bonds is 7. The molecule has 0 heterocycles. The highest BCUT2D eigenvalue weighted by Gasteiger charge is 2.09. The molecule has 1 aromatic rings. The molecule has 1 aromatic carbocycles. The number of carbonyl (C=O) groups excluding carboxylic acids is 1. The van der Waals surface area contributed by atoms with Crippen molar-refractivity contribution in [3.8, 4) is 0 Å². The minimum absolute atomic E-state index is 0.207. The van der Waals surface area contributed by atoms with Gasteiger partial charge in [-0.1, -0.05) is 0 Å². The summed E-state index contributed by atoms with van der Waals surface area (Å²) in [5.74, 6) is -0.207. The maximum Gasteiger partial charge on any atom is 0.253 e. The van der Waals surface area contributed by atoms with Crippen LogP contribution >= 0.6 is 0 Å². The van der Waals surface area contributed by atoms with Gasteiger partial charge in [0.15, 0.2) is 0 Å². The normalized spacial score (nSPS) is 11.1. The lowest BCUT2D eigenvalue weighted by molar-refractivity contribution is 0.0964. The second-order valence-corrected chi connectivity index (χ2v) is 6.16. The van der Waals surface area contributed by atoms with Crippen molar-refractivity contribution >= 4 is 27.3 Å². The van der Waals surface area contributed by atoms with Gasteiger partial charge >= 0.3 is 0 Å². The highest BCUT2D eigenvalue weighted by molar-refractivity contribution is 7.88. The van der Waals surface area contributed by atoms with E-state index in [1.54, 1.807) is 25.2 Å². The molecule has 0 spiro atoms. The van der Waals surface area contributed by atoms with E-state index in [1.807, 2.05) is 0 Å². The highest BCUT2D eigenvalue weighted by Crippen LogP contribution is 2.19. The number of sulfonamides is 1. The summed E-state index contributed by atoms with van der Waals surface area (Å²) in [5.41, 5.74) is 7.37. The highest BCUT2D eigenvalue weighted by atomic mass is 32.2. The summed E-state index contributed by atoms with van der Waals surface area (Å²) >= 11 is 0. The number of carbonyl (C=O) groups is 1. The van der Waals surface area contributed by atoms with Gasteiger partial charge in [-0.2, -0.15) is 0 Å². The molecule has 0 aliphatic carbocycles. The van der Waals surface area contributed by atoms with Crippen LogP contribution in [0.4, 0.5) is 11.4 Å². The number of nitrogen functional groups attached to an aromatic ring is 1. The van der Waals surface area contributed by atoms with E-state index in [-0.39, 0.29) is 5.91 Å². The molecule has 112 valence electrons. The molecule has 0 saturated carbocycles. The molecule has 0 radical (unpaired) electrons. The largest absolute Gasteiger partial charge is 0.399 e. The Labute approximate surface area is 119 Å². The van der Waals surface area contributed by atoms with Gasteiger partial charge in [-0.05, 0) is 24.6 Å². The van der Waals surface area contributed by atoms with Crippen LogP contribution in [-0.2, 0) is 10.0 Å². The third-order valence-electron chi connectivity index (χ3n) is 2.55. The minimum Gasteiger partial charge on any atom is -0.399 e. The topological polar surface area (TPSA) is 113 Å². The van der Waals surface area contributed by atoms with Gasteiger partial charge in [0.25, 0.3) is 5.91 Å². The Morgan fingerprint density at radius 2 is 2.00 bits per heavy atom. The zero-order chi connectivity index (χ0) is 15.2. The van der Waals surface area contributed by atoms with Crippen molar-refractivity contribution in [3.05, 3.63) is 23.8 Å². The lowest BCUT2D eigenvalue weighted by Crippen LogP contribution is -2.25. The van der Waals surface area contributed by atoms with E-state index < -0.39 is 10.0 Å². The number of benzene rings is 1. The van der Waals surface area contributed by atoms with Gasteiger partial charge in [-0.25, -0.2) is 13.1 Å². The van der Waals surface area contributed by atoms with Crippen LogP contribution < -0.4 is 21.1 Å². The molecule has 0 saturated heterocycles. The molecule has 0 aromatic heterocycles. The average molecular weight is 300 g/mol. The van der Waals surface area contributed by atoms with Gasteiger partial charge < -0.3 is 16.4 Å². The molecule has 1 rings (SSSR count). The van der Waals surface area contributed by atoms with Gasteiger partial charge in [-0.3, -0.25) is 4.79 Å². The third kappa shape index (κ3) is 5.45. The Hall–Kier alpha value is -1.80. The molecule has 0 fully saturated rings. The van der Waals surface area contributed by atoms with E-state index in [9.17, 15) is 13.2 Å². The first-order chi connectivity index (χ1) is 9.33. The van der Waals surface area contributed by atoms with Crippen LogP contribution in [0.1, 0.15) is 16.8 Å². The SMILES string of the molecule is CNC(=O)c1ccc(N)cc1NCCCNS(C)(=O)=O. The van der Waals surface area contributed by atoms with E-state index in [0.29, 0.717) is 36.4 Å². The quantitative estimate of drug-likeness (QED) is 0.417. The van der Waals surface area contributed by atoms with Crippen molar-refractivity contribution in [1.82, 2.24) is 10.0 Å². The standard InChI is InChI=1S/C12H20N4O3S/c1-14-12(17)10-5-4-9(13)8-11(10)15-6-3-7-16-20(2,18)19/h4-5,8,15-16H,3,6-7,13H2,1-2H3,(H,14,17). The first-order valence-electron chi connectivity index (χ1n) is 6.13. The summed E-state index contributed by atoms with van der Waals surface area (Å²) in [7, 11) is -1.61. The van der Waals surface area contributed by atoms with Crippen molar-refractivity contribution < 1.29 is 13.2 Å². The van der Waals surface area contributed by atoms with E-state index in [0.717, 1.165) is 6.26 Å². The monoisotopic (exact) mass is 300 g/mol. The minimum atomic E-state index is -3.16. The number of hydrogen-bond donors (Lipinski definition) is 4. The Balaban J connectivity index is 2.58. The van der Waals surface area contributed by atoms with Crippen LogP contribution in [0.25, 0.3) is 0 Å². The molecule has 20 heavy (non-hydrogen) atoms. The van der Waals surface area contributed by atoms with E-state index >= 15 is 0 Å². The lowest BCUT2D eigenvalue weighted by Gasteiger charge is -2.12. The van der Waals surface area contributed by atoms with Gasteiger partial charge in [0.05, 0.1) is 11.8 Å². The maximum atomic E-state index is 11.7. The third-order valence-corrected chi connectivity index (χ3v) is 3.28. The summed E-state index contributed by atoms with van der Waals surface area (Å²) in [6.45, 7) is 0.861. The zero-order valence-corrected chi connectivity index (χ0v) is 12.4. The fourth-order valence-corrected chi connectivity index (χ4v) is 2.12. The summed E-state index contributed by atoms with van der Waals surface area (Å²) in [6.07, 6.45) is 1.71. The molecule has 5 N–H and O–H groups in total. The van der Waals surface area contributed by atoms with Gasteiger partial charge in [0.2, 0.25) is 10.0 Å². The number of amides is 1. The summed E-state index contributed by atoms with van der Waals surface area (Å²) < 4.78 is 24.2. The molecule has 0 unspecified atom stereocenters. The fraction of sp³-hybridized carbons (Fsp3) is 0.417. The molecule has 0 atom stereocenters. The van der Waals surface area contributed by atoms with Crippen molar-refractivity contribution in [1.29, 1.82) is 0 Å². The summed E-state index contributed by atoms with van der Waals surface area (Å²) in [6, 6.07) is 4.97. The molecule has 1 amide bonds. The molecule has 0 aliphatic rings. The molecular weight excluding hydrogens is 280 g/mol. The second-order valence-electron chi connectivity index (χ2n) is 4.33. The van der Waals surface area contributed by atoms with Crippen LogP contribution in [-0.4, -0.2) is 40.7 Å². The molecule has 7 nitrogen and oxygen atoms in total. The maximum absolute atomic E-state index is 11.7. The van der Waals surface area contributed by atoms with Crippen LogP contribution in [0.5, 0.6) is 0 Å². The number of anilines is 2. The van der Waals surface area contributed by atoms with Crippen LogP contribution in [0, 0.1) is 0 Å². The first-order valence-corrected chi connectivity index (χ1v) is 8.03. The van der Waals surface area contributed by atoms with Crippen molar-refractivity contribution in [3.63, 3.8) is 0 Å². The molecular formula is C12H20N4O3S. The molecule has 0 aliphatic heterocycles. The number of nitrogens with two attached hydrogens (primary N) is 1. The average Bonchev–Trinajstić information content (AvgIpc) is 2.36. The Bertz CT molecular complexity index is 572. The van der Waals surface area contributed by atoms with E-state index in [4.69, 9.17) is 5.73 Å². The van der Waals surface area contributed by atoms with Gasteiger partial charge in [0, 0.05) is 31.5 Å². The van der Waals surface area contributed by atoms with Crippen LogP contribution in [0.2, 0.25) is 0 Å². The Morgan fingerprint density at radius 1 is 1.30 bits per heavy atom. The van der Waals surface area contributed by atoms with Gasteiger partial charge in [-0.15, -0.1) is 0 Å². The van der Waals surface area contributed by atoms with E-state index in [2.05, 4.69) is 15.4 Å². The Kier molecular flexibility index (Phi) is 5.78. The summed E-state index contributed by atoms with van der Waals surface area (Å²) in [4.78, 5) is 11.7. The summed E-state index contributed by atoms with van der Waals surface area (Å²) in [5, 5.41) is 5.63. The van der Waals surface area contributed by atoms with Gasteiger partial charge in [0.1, 0.15) is 0 Å². The lowest BCUT2D eigenvalue weighted by atomic mass is 10.1. The van der Waals surface area contributed by atoms with Crippen LogP contribution in [0.3, 0.4) is 0 Å². The van der Waals surface area contributed by atoms with Crippen LogP contribution in [0.15, 0.2) is 18.2 Å². The molecule has 0 bridgehead atoms. The van der Waals surface area contributed by atoms with E-state index in [1.165, 1.54) is 0 Å². The number of hydrogen-bond acceptors (Lipinski definition) is 5. The second kappa shape index (κ2) is 7.11. The predicted octanol–water partition coefficient (Wildman–Crippen LogP) is -0.0204. The number of nitrogens with one attached hydrogen (secondary N) is 3. The fourth-order valence-electron chi connectivity index (χ4n) is 1.61. The first kappa shape index (κ1) is 16.3. The Morgan fingerprint density at radius 3 is 2.60 bits per heavy atom. The smallest absolute Gasteiger partial charge is 0.253 e. The van der Waals surface area contributed by atoms with Crippen molar-refractivity contribution in [2.45, 2.75) is 6.42 Å². The molecule has 8 heteroatoms. The van der Waals surface area contributed by atoms with Crippen molar-refractivity contribution in [2.75, 3.05) is 37.4 Å².